The van der Waals surface area contributed by atoms with E-state index < -0.39 is 6.29 Å². The summed E-state index contributed by atoms with van der Waals surface area (Å²) in [6.45, 7) is 5.33. The maximum atomic E-state index is 10.1. The molecule has 0 saturated heterocycles. The summed E-state index contributed by atoms with van der Waals surface area (Å²) in [6.07, 6.45) is 49.3. The van der Waals surface area contributed by atoms with Crippen LogP contribution in [0.25, 0.3) is 0 Å². The van der Waals surface area contributed by atoms with Crippen molar-refractivity contribution < 1.29 is 9.84 Å². The van der Waals surface area contributed by atoms with E-state index in [1.165, 1.54) is 212 Å². The van der Waals surface area contributed by atoms with E-state index in [2.05, 4.69) is 13.8 Å². The van der Waals surface area contributed by atoms with E-state index in [-0.39, 0.29) is 0 Å². The Morgan fingerprint density at radius 2 is 0.524 bits per heavy atom. The minimum Gasteiger partial charge on any atom is -0.368 e. The zero-order chi connectivity index (χ0) is 30.4. The number of unbranched alkanes of at least 4 members (excludes halogenated alkanes) is 33. The highest BCUT2D eigenvalue weighted by atomic mass is 16.6. The Labute approximate surface area is 267 Å². The lowest BCUT2D eigenvalue weighted by atomic mass is 10.0. The van der Waals surface area contributed by atoms with Crippen LogP contribution in [0, 0.1) is 0 Å². The zero-order valence-corrected chi connectivity index (χ0v) is 29.6. The van der Waals surface area contributed by atoms with Crippen molar-refractivity contribution in [3.63, 3.8) is 0 Å². The number of rotatable bonds is 38. The molecule has 0 spiro atoms. The van der Waals surface area contributed by atoms with E-state index in [0.29, 0.717) is 0 Å². The van der Waals surface area contributed by atoms with Gasteiger partial charge in [-0.3, -0.25) is 0 Å². The van der Waals surface area contributed by atoms with E-state index >= 15 is 0 Å². The Balaban J connectivity index is 3.13. The third kappa shape index (κ3) is 37.9. The van der Waals surface area contributed by atoms with Crippen LogP contribution in [-0.2, 0) is 4.74 Å². The van der Waals surface area contributed by atoms with E-state index in [1.807, 2.05) is 0 Å². The van der Waals surface area contributed by atoms with Crippen LogP contribution in [0.5, 0.6) is 0 Å². The molecule has 2 nitrogen and oxygen atoms in total. The molecule has 0 aromatic rings. The first-order valence-corrected chi connectivity index (χ1v) is 20.1. The molecule has 2 heteroatoms. The predicted octanol–water partition coefficient (Wildman–Crippen LogP) is 14.4. The molecular weight excluding hydrogens is 512 g/mol. The Bertz CT molecular complexity index is 451. The first-order valence-electron chi connectivity index (χ1n) is 20.1. The van der Waals surface area contributed by atoms with Crippen LogP contribution in [-0.4, -0.2) is 18.0 Å². The van der Waals surface area contributed by atoms with Gasteiger partial charge in [0.25, 0.3) is 0 Å². The first-order chi connectivity index (χ1) is 20.8. The van der Waals surface area contributed by atoms with Gasteiger partial charge in [-0.1, -0.05) is 226 Å². The molecule has 0 amide bonds. The molecule has 0 rings (SSSR count). The summed E-state index contributed by atoms with van der Waals surface area (Å²) in [5.74, 6) is 0. The molecule has 1 N–H and O–H groups in total. The van der Waals surface area contributed by atoms with Crippen LogP contribution in [0.4, 0.5) is 0 Å². The van der Waals surface area contributed by atoms with E-state index in [1.54, 1.807) is 0 Å². The summed E-state index contributed by atoms with van der Waals surface area (Å²) < 4.78 is 5.65. The maximum absolute atomic E-state index is 10.1. The topological polar surface area (TPSA) is 29.5 Å². The summed E-state index contributed by atoms with van der Waals surface area (Å²) in [4.78, 5) is 0. The molecule has 0 heterocycles. The third-order valence-electron chi connectivity index (χ3n) is 9.36. The Hall–Kier alpha value is -0.0800. The standard InChI is InChI=1S/C40H82O2/c1-3-5-7-9-11-13-15-17-19-21-22-23-24-26-28-30-32-34-36-38-40(41)42-39-37-35-33-31-29-27-25-20-18-16-14-12-10-8-6-4-2/h40-41H,3-39H2,1-2H3. The monoisotopic (exact) mass is 595 g/mol. The van der Waals surface area contributed by atoms with Gasteiger partial charge in [-0.2, -0.15) is 0 Å². The summed E-state index contributed by atoms with van der Waals surface area (Å²) in [5.41, 5.74) is 0. The fourth-order valence-corrected chi connectivity index (χ4v) is 6.35. The minimum absolute atomic E-state index is 0.535. The van der Waals surface area contributed by atoms with Crippen LogP contribution in [0.2, 0.25) is 0 Å². The van der Waals surface area contributed by atoms with Gasteiger partial charge in [0, 0.05) is 6.61 Å². The Morgan fingerprint density at radius 1 is 0.310 bits per heavy atom. The van der Waals surface area contributed by atoms with E-state index in [0.717, 1.165) is 25.9 Å². The predicted molar refractivity (Wildman–Crippen MR) is 190 cm³/mol. The Morgan fingerprint density at radius 3 is 0.786 bits per heavy atom. The molecule has 0 aromatic heterocycles. The third-order valence-corrected chi connectivity index (χ3v) is 9.36. The van der Waals surface area contributed by atoms with E-state index in [9.17, 15) is 5.11 Å². The molecule has 0 bridgehead atoms. The van der Waals surface area contributed by atoms with Gasteiger partial charge in [0.1, 0.15) is 0 Å². The summed E-state index contributed by atoms with van der Waals surface area (Å²) >= 11 is 0. The van der Waals surface area contributed by atoms with Gasteiger partial charge >= 0.3 is 0 Å². The van der Waals surface area contributed by atoms with Crippen LogP contribution >= 0.6 is 0 Å². The number of hydrogen-bond donors (Lipinski definition) is 1. The SMILES string of the molecule is CCCCCCCCCCCCCCCCCCCCCC(O)OCCCCCCCCCCCCCCCCCC. The lowest BCUT2D eigenvalue weighted by molar-refractivity contribution is -0.105. The normalized spacial score (nSPS) is 12.4. The Kier molecular flexibility index (Phi) is 38.9. The molecule has 0 aliphatic carbocycles. The smallest absolute Gasteiger partial charge is 0.154 e. The fraction of sp³-hybridized carbons (Fsp3) is 1.00. The summed E-state index contributed by atoms with van der Waals surface area (Å²) in [6, 6.07) is 0. The van der Waals surface area contributed by atoms with Gasteiger partial charge in [0.2, 0.25) is 0 Å². The molecule has 0 fully saturated rings. The van der Waals surface area contributed by atoms with Crippen molar-refractivity contribution in [2.45, 2.75) is 251 Å². The van der Waals surface area contributed by atoms with Crippen molar-refractivity contribution in [1.29, 1.82) is 0 Å². The molecule has 254 valence electrons. The van der Waals surface area contributed by atoms with Gasteiger partial charge in [-0.15, -0.1) is 0 Å². The van der Waals surface area contributed by atoms with Crippen LogP contribution in [0.1, 0.15) is 245 Å². The number of hydrogen-bond acceptors (Lipinski definition) is 2. The number of ether oxygens (including phenoxy) is 1. The van der Waals surface area contributed by atoms with Crippen LogP contribution in [0.15, 0.2) is 0 Å². The molecule has 1 unspecified atom stereocenters. The molecule has 0 aromatic carbocycles. The lowest BCUT2D eigenvalue weighted by Crippen LogP contribution is -2.12. The van der Waals surface area contributed by atoms with E-state index in [4.69, 9.17) is 4.74 Å². The molecule has 1 atom stereocenters. The molecule has 0 aliphatic heterocycles. The number of aliphatic hydroxyl groups is 1. The van der Waals surface area contributed by atoms with Crippen molar-refractivity contribution in [2.75, 3.05) is 6.61 Å². The molecule has 0 saturated carbocycles. The van der Waals surface area contributed by atoms with Gasteiger partial charge in [-0.25, -0.2) is 0 Å². The second kappa shape index (κ2) is 38.9. The first kappa shape index (κ1) is 41.9. The lowest BCUT2D eigenvalue weighted by Gasteiger charge is -2.12. The highest BCUT2D eigenvalue weighted by molar-refractivity contribution is 4.53. The maximum Gasteiger partial charge on any atom is 0.154 e. The van der Waals surface area contributed by atoms with Crippen LogP contribution < -0.4 is 0 Å². The largest absolute Gasteiger partial charge is 0.368 e. The molecular formula is C40H82O2. The number of aliphatic hydroxyl groups excluding tert-OH is 1. The second-order valence-electron chi connectivity index (χ2n) is 13.8. The molecule has 42 heavy (non-hydrogen) atoms. The summed E-state index contributed by atoms with van der Waals surface area (Å²) in [5, 5.41) is 10.1. The highest BCUT2D eigenvalue weighted by Gasteiger charge is 2.04. The second-order valence-corrected chi connectivity index (χ2v) is 13.8. The van der Waals surface area contributed by atoms with Crippen molar-refractivity contribution in [1.82, 2.24) is 0 Å². The van der Waals surface area contributed by atoms with Gasteiger partial charge < -0.3 is 9.84 Å². The average Bonchev–Trinajstić information content (AvgIpc) is 3.00. The van der Waals surface area contributed by atoms with Crippen molar-refractivity contribution in [2.24, 2.45) is 0 Å². The fourth-order valence-electron chi connectivity index (χ4n) is 6.35. The minimum atomic E-state index is -0.535. The average molecular weight is 595 g/mol. The van der Waals surface area contributed by atoms with Gasteiger partial charge in [0.05, 0.1) is 0 Å². The quantitative estimate of drug-likeness (QED) is 0.0569. The zero-order valence-electron chi connectivity index (χ0n) is 29.6. The summed E-state index contributed by atoms with van der Waals surface area (Å²) in [7, 11) is 0. The molecule has 0 radical (unpaired) electrons. The van der Waals surface area contributed by atoms with Crippen LogP contribution in [0.3, 0.4) is 0 Å². The van der Waals surface area contributed by atoms with Crippen molar-refractivity contribution in [3.05, 3.63) is 0 Å². The highest BCUT2D eigenvalue weighted by Crippen LogP contribution is 2.16. The van der Waals surface area contributed by atoms with Crippen molar-refractivity contribution >= 4 is 0 Å². The van der Waals surface area contributed by atoms with Gasteiger partial charge in [0.15, 0.2) is 6.29 Å². The van der Waals surface area contributed by atoms with Crippen molar-refractivity contribution in [3.8, 4) is 0 Å². The van der Waals surface area contributed by atoms with Gasteiger partial charge in [-0.05, 0) is 19.3 Å². The molecule has 0 aliphatic rings.